The topological polar surface area (TPSA) is 60.2 Å². The molecular formula is C13H21NO2S. The zero-order chi connectivity index (χ0) is 13.1. The SMILES string of the molecule is CC[C@@H]([C@H](N)c1ccc(C)cc1)S(=O)(=O)CC. The molecule has 0 aliphatic rings. The van der Waals surface area contributed by atoms with Crippen molar-refractivity contribution in [2.24, 2.45) is 5.73 Å². The van der Waals surface area contributed by atoms with E-state index in [-0.39, 0.29) is 5.75 Å². The van der Waals surface area contributed by atoms with Crippen LogP contribution in [0, 0.1) is 6.92 Å². The first-order valence-corrected chi connectivity index (χ1v) is 7.67. The lowest BCUT2D eigenvalue weighted by atomic mass is 10.0. The molecule has 0 saturated heterocycles. The summed E-state index contributed by atoms with van der Waals surface area (Å²) in [5, 5.41) is -0.491. The molecule has 0 unspecified atom stereocenters. The first-order valence-electron chi connectivity index (χ1n) is 5.96. The van der Waals surface area contributed by atoms with Crippen molar-refractivity contribution in [3.63, 3.8) is 0 Å². The quantitative estimate of drug-likeness (QED) is 0.877. The van der Waals surface area contributed by atoms with Crippen molar-refractivity contribution in [2.45, 2.75) is 38.5 Å². The highest BCUT2D eigenvalue weighted by molar-refractivity contribution is 7.92. The minimum atomic E-state index is -3.09. The van der Waals surface area contributed by atoms with Gasteiger partial charge in [-0.2, -0.15) is 0 Å². The summed E-state index contributed by atoms with van der Waals surface area (Å²) in [7, 11) is -3.09. The third kappa shape index (κ3) is 3.30. The number of nitrogens with two attached hydrogens (primary N) is 1. The molecule has 0 amide bonds. The monoisotopic (exact) mass is 255 g/mol. The van der Waals surface area contributed by atoms with Crippen molar-refractivity contribution in [2.75, 3.05) is 5.75 Å². The number of sulfone groups is 1. The lowest BCUT2D eigenvalue weighted by molar-refractivity contribution is 0.549. The van der Waals surface area contributed by atoms with Crippen molar-refractivity contribution < 1.29 is 8.42 Å². The molecule has 96 valence electrons. The van der Waals surface area contributed by atoms with E-state index < -0.39 is 21.1 Å². The van der Waals surface area contributed by atoms with E-state index in [1.165, 1.54) is 0 Å². The van der Waals surface area contributed by atoms with Gasteiger partial charge in [0.1, 0.15) is 0 Å². The summed E-state index contributed by atoms with van der Waals surface area (Å²) >= 11 is 0. The molecule has 0 aliphatic carbocycles. The summed E-state index contributed by atoms with van der Waals surface area (Å²) in [4.78, 5) is 0. The maximum atomic E-state index is 11.9. The second-order valence-corrected chi connectivity index (χ2v) is 6.84. The Balaban J connectivity index is 3.02. The first kappa shape index (κ1) is 14.2. The maximum absolute atomic E-state index is 11.9. The van der Waals surface area contributed by atoms with Crippen LogP contribution >= 0.6 is 0 Å². The molecule has 4 heteroatoms. The average Bonchev–Trinajstić information content (AvgIpc) is 2.30. The zero-order valence-corrected chi connectivity index (χ0v) is 11.5. The molecule has 1 rings (SSSR count). The van der Waals surface area contributed by atoms with Crippen molar-refractivity contribution in [1.82, 2.24) is 0 Å². The summed E-state index contributed by atoms with van der Waals surface area (Å²) in [6, 6.07) is 7.30. The number of benzene rings is 1. The molecule has 0 fully saturated rings. The highest BCUT2D eigenvalue weighted by atomic mass is 32.2. The van der Waals surface area contributed by atoms with Gasteiger partial charge in [-0.05, 0) is 18.9 Å². The van der Waals surface area contributed by atoms with Crippen LogP contribution < -0.4 is 5.73 Å². The van der Waals surface area contributed by atoms with Crippen LogP contribution in [0.3, 0.4) is 0 Å². The van der Waals surface area contributed by atoms with Gasteiger partial charge in [-0.25, -0.2) is 8.42 Å². The number of hydrogen-bond donors (Lipinski definition) is 1. The predicted octanol–water partition coefficient (Wildman–Crippen LogP) is 2.21. The Morgan fingerprint density at radius 1 is 1.18 bits per heavy atom. The summed E-state index contributed by atoms with van der Waals surface area (Å²) in [6.07, 6.45) is 0.547. The Hall–Kier alpha value is -0.870. The van der Waals surface area contributed by atoms with E-state index in [1.807, 2.05) is 38.1 Å². The van der Waals surface area contributed by atoms with Gasteiger partial charge in [-0.15, -0.1) is 0 Å². The predicted molar refractivity (Wildman–Crippen MR) is 71.6 cm³/mol. The Labute approximate surface area is 104 Å². The molecular weight excluding hydrogens is 234 g/mol. The lowest BCUT2D eigenvalue weighted by Crippen LogP contribution is -2.34. The third-order valence-corrected chi connectivity index (χ3v) is 5.48. The van der Waals surface area contributed by atoms with Crippen molar-refractivity contribution in [1.29, 1.82) is 0 Å². The van der Waals surface area contributed by atoms with Crippen LogP contribution in [-0.4, -0.2) is 19.4 Å². The standard InChI is InChI=1S/C13H21NO2S/c1-4-12(17(15,16)5-2)13(14)11-8-6-10(3)7-9-11/h6-9,12-13H,4-5,14H2,1-3H3/t12-,13+/m0/s1. The minimum Gasteiger partial charge on any atom is -0.323 e. The van der Waals surface area contributed by atoms with E-state index in [0.29, 0.717) is 6.42 Å². The fraction of sp³-hybridized carbons (Fsp3) is 0.538. The lowest BCUT2D eigenvalue weighted by Gasteiger charge is -2.22. The second-order valence-electron chi connectivity index (χ2n) is 4.33. The Morgan fingerprint density at radius 3 is 2.12 bits per heavy atom. The molecule has 0 saturated carbocycles. The second kappa shape index (κ2) is 5.65. The summed E-state index contributed by atoms with van der Waals surface area (Å²) in [5.41, 5.74) is 8.12. The molecule has 0 bridgehead atoms. The molecule has 1 aromatic rings. The van der Waals surface area contributed by atoms with Gasteiger partial charge < -0.3 is 5.73 Å². The number of aryl methyl sites for hydroxylation is 1. The average molecular weight is 255 g/mol. The van der Waals surface area contributed by atoms with Crippen LogP contribution in [0.4, 0.5) is 0 Å². The van der Waals surface area contributed by atoms with Gasteiger partial charge in [0.15, 0.2) is 9.84 Å². The van der Waals surface area contributed by atoms with Crippen LogP contribution in [0.1, 0.15) is 37.4 Å². The fourth-order valence-corrected chi connectivity index (χ4v) is 3.49. The van der Waals surface area contributed by atoms with Crippen molar-refractivity contribution >= 4 is 9.84 Å². The normalized spacial score (nSPS) is 15.5. The van der Waals surface area contributed by atoms with Crippen LogP contribution in [0.5, 0.6) is 0 Å². The number of rotatable bonds is 5. The molecule has 0 aliphatic heterocycles. The highest BCUT2D eigenvalue weighted by Gasteiger charge is 2.29. The van der Waals surface area contributed by atoms with Gasteiger partial charge in [-0.3, -0.25) is 0 Å². The summed E-state index contributed by atoms with van der Waals surface area (Å²) < 4.78 is 23.9. The van der Waals surface area contributed by atoms with Crippen LogP contribution in [0.2, 0.25) is 0 Å². The van der Waals surface area contributed by atoms with Gasteiger partial charge >= 0.3 is 0 Å². The maximum Gasteiger partial charge on any atom is 0.154 e. The van der Waals surface area contributed by atoms with E-state index in [4.69, 9.17) is 5.73 Å². The smallest absolute Gasteiger partial charge is 0.154 e. The number of hydrogen-bond acceptors (Lipinski definition) is 3. The summed E-state index contributed by atoms with van der Waals surface area (Å²) in [5.74, 6) is 0.144. The largest absolute Gasteiger partial charge is 0.323 e. The molecule has 0 aromatic heterocycles. The van der Waals surface area contributed by atoms with Crippen LogP contribution in [0.15, 0.2) is 24.3 Å². The van der Waals surface area contributed by atoms with Crippen molar-refractivity contribution in [3.8, 4) is 0 Å². The molecule has 2 N–H and O–H groups in total. The van der Waals surface area contributed by atoms with Crippen LogP contribution in [-0.2, 0) is 9.84 Å². The fourth-order valence-electron chi connectivity index (χ4n) is 1.95. The Bertz CT molecular complexity index is 451. The first-order chi connectivity index (χ1) is 7.92. The molecule has 1 aromatic carbocycles. The van der Waals surface area contributed by atoms with Gasteiger partial charge in [0.05, 0.1) is 5.25 Å². The highest BCUT2D eigenvalue weighted by Crippen LogP contribution is 2.23. The summed E-state index contributed by atoms with van der Waals surface area (Å²) in [6.45, 7) is 5.53. The molecule has 0 radical (unpaired) electrons. The molecule has 2 atom stereocenters. The Morgan fingerprint density at radius 2 is 1.71 bits per heavy atom. The molecule has 17 heavy (non-hydrogen) atoms. The van der Waals surface area contributed by atoms with E-state index in [0.717, 1.165) is 11.1 Å². The van der Waals surface area contributed by atoms with Crippen molar-refractivity contribution in [3.05, 3.63) is 35.4 Å². The zero-order valence-electron chi connectivity index (χ0n) is 10.7. The third-order valence-electron chi connectivity index (χ3n) is 3.13. The van der Waals surface area contributed by atoms with Crippen LogP contribution in [0.25, 0.3) is 0 Å². The van der Waals surface area contributed by atoms with Gasteiger partial charge in [0.25, 0.3) is 0 Å². The molecule has 0 heterocycles. The molecule has 0 spiro atoms. The van der Waals surface area contributed by atoms with E-state index in [1.54, 1.807) is 6.92 Å². The van der Waals surface area contributed by atoms with Gasteiger partial charge in [0, 0.05) is 11.8 Å². The Kier molecular flexibility index (Phi) is 4.71. The van der Waals surface area contributed by atoms with E-state index in [2.05, 4.69) is 0 Å². The van der Waals surface area contributed by atoms with E-state index in [9.17, 15) is 8.42 Å². The van der Waals surface area contributed by atoms with Gasteiger partial charge in [-0.1, -0.05) is 43.7 Å². The molecule has 3 nitrogen and oxygen atoms in total. The minimum absolute atomic E-state index is 0.144. The van der Waals surface area contributed by atoms with Gasteiger partial charge in [0.2, 0.25) is 0 Å². The van der Waals surface area contributed by atoms with E-state index >= 15 is 0 Å².